The summed E-state index contributed by atoms with van der Waals surface area (Å²) in [7, 11) is 0. The molecule has 2 aromatic rings. The highest BCUT2D eigenvalue weighted by Crippen LogP contribution is 2.28. The summed E-state index contributed by atoms with van der Waals surface area (Å²) in [5, 5.41) is 26.4. The number of nitro benzene ring substituents is 1. The number of nitrogens with one attached hydrogen (secondary N) is 2. The fraction of sp³-hybridized carbons (Fsp3) is 0.381. The fourth-order valence-corrected chi connectivity index (χ4v) is 3.40. The molecule has 3 rings (SSSR count). The molecule has 0 spiro atoms. The van der Waals surface area contributed by atoms with Gasteiger partial charge < -0.3 is 15.5 Å². The molecule has 1 aliphatic heterocycles. The number of rotatable bonds is 6. The van der Waals surface area contributed by atoms with Gasteiger partial charge in [0.2, 0.25) is 0 Å². The molecule has 1 saturated heterocycles. The van der Waals surface area contributed by atoms with Crippen molar-refractivity contribution in [1.82, 2.24) is 10.3 Å². The van der Waals surface area contributed by atoms with Gasteiger partial charge in [0.15, 0.2) is 0 Å². The van der Waals surface area contributed by atoms with Crippen LogP contribution in [0.3, 0.4) is 0 Å². The van der Waals surface area contributed by atoms with E-state index in [0.717, 1.165) is 31.7 Å². The lowest BCUT2D eigenvalue weighted by Gasteiger charge is -2.33. The number of hydrogen-bond donors (Lipinski definition) is 2. The normalized spacial score (nSPS) is 14.3. The molecule has 1 aromatic carbocycles. The molecule has 0 saturated carbocycles. The van der Waals surface area contributed by atoms with Gasteiger partial charge >= 0.3 is 0 Å². The highest BCUT2D eigenvalue weighted by molar-refractivity contribution is 5.95. The molecule has 30 heavy (non-hydrogen) atoms. The summed E-state index contributed by atoms with van der Waals surface area (Å²) in [6.07, 6.45) is 3.13. The Morgan fingerprint density at radius 2 is 2.03 bits per heavy atom. The predicted molar refractivity (Wildman–Crippen MR) is 114 cm³/mol. The van der Waals surface area contributed by atoms with Crippen LogP contribution >= 0.6 is 0 Å². The molecule has 9 heteroatoms. The molecule has 156 valence electrons. The summed E-state index contributed by atoms with van der Waals surface area (Å²) in [5.41, 5.74) is 1.09. The standard InChI is InChI=1S/C21H24N6O3/c1-14(2)24-21(28)16-4-5-18(19(11-16)27(29)30)25-17-7-9-26(10-8-17)20-6-3-15(12-22)13-23-20/h3-6,11,13-14,17,25H,7-10H2,1-2H3,(H,24,28). The maximum atomic E-state index is 12.2. The van der Waals surface area contributed by atoms with Gasteiger partial charge in [0.05, 0.1) is 10.5 Å². The van der Waals surface area contributed by atoms with Crippen LogP contribution in [0.25, 0.3) is 0 Å². The Labute approximate surface area is 174 Å². The summed E-state index contributed by atoms with van der Waals surface area (Å²) in [6, 6.07) is 10.2. The number of aromatic nitrogens is 1. The van der Waals surface area contributed by atoms with E-state index in [1.807, 2.05) is 19.9 Å². The molecule has 2 N–H and O–H groups in total. The zero-order chi connectivity index (χ0) is 21.7. The molecule has 2 heterocycles. The van der Waals surface area contributed by atoms with E-state index in [2.05, 4.69) is 26.6 Å². The van der Waals surface area contributed by atoms with Gasteiger partial charge in [-0.1, -0.05) is 0 Å². The van der Waals surface area contributed by atoms with E-state index < -0.39 is 4.92 Å². The molecule has 0 radical (unpaired) electrons. The second-order valence-corrected chi connectivity index (χ2v) is 7.54. The molecule has 0 aliphatic carbocycles. The summed E-state index contributed by atoms with van der Waals surface area (Å²) < 4.78 is 0. The van der Waals surface area contributed by atoms with Crippen molar-refractivity contribution in [2.45, 2.75) is 38.8 Å². The Bertz CT molecular complexity index is 960. The van der Waals surface area contributed by atoms with Crippen LogP contribution in [0, 0.1) is 21.4 Å². The maximum absolute atomic E-state index is 12.2. The van der Waals surface area contributed by atoms with Crippen molar-refractivity contribution in [1.29, 1.82) is 5.26 Å². The Morgan fingerprint density at radius 3 is 2.60 bits per heavy atom. The van der Waals surface area contributed by atoms with E-state index in [4.69, 9.17) is 5.26 Å². The van der Waals surface area contributed by atoms with E-state index in [1.54, 1.807) is 24.4 Å². The van der Waals surface area contributed by atoms with Gasteiger partial charge in [0.1, 0.15) is 17.6 Å². The highest BCUT2D eigenvalue weighted by Gasteiger charge is 2.24. The van der Waals surface area contributed by atoms with Crippen molar-refractivity contribution in [3.63, 3.8) is 0 Å². The van der Waals surface area contributed by atoms with Gasteiger partial charge in [-0.15, -0.1) is 0 Å². The summed E-state index contributed by atoms with van der Waals surface area (Å²) >= 11 is 0. The Hall–Kier alpha value is -3.67. The van der Waals surface area contributed by atoms with Crippen molar-refractivity contribution in [3.05, 3.63) is 57.8 Å². The average molecular weight is 408 g/mol. The number of pyridine rings is 1. The number of anilines is 2. The Balaban J connectivity index is 1.65. The number of nitrogens with zero attached hydrogens (tertiary/aromatic N) is 4. The van der Waals surface area contributed by atoms with E-state index in [-0.39, 0.29) is 29.2 Å². The molecular weight excluding hydrogens is 384 g/mol. The number of hydrogen-bond acceptors (Lipinski definition) is 7. The lowest BCUT2D eigenvalue weighted by Crippen LogP contribution is -2.39. The third kappa shape index (κ3) is 5.03. The summed E-state index contributed by atoms with van der Waals surface area (Å²) in [5.74, 6) is 0.488. The number of carbonyl (C=O) groups excluding carboxylic acids is 1. The lowest BCUT2D eigenvalue weighted by atomic mass is 10.0. The highest BCUT2D eigenvalue weighted by atomic mass is 16.6. The minimum absolute atomic E-state index is 0.0508. The Kier molecular flexibility index (Phi) is 6.47. The fourth-order valence-electron chi connectivity index (χ4n) is 3.40. The first kappa shape index (κ1) is 21.0. The molecular formula is C21H24N6O3. The van der Waals surface area contributed by atoms with Crippen LogP contribution in [0.2, 0.25) is 0 Å². The molecule has 9 nitrogen and oxygen atoms in total. The minimum atomic E-state index is -0.468. The summed E-state index contributed by atoms with van der Waals surface area (Å²) in [4.78, 5) is 29.7. The first-order valence-electron chi connectivity index (χ1n) is 9.84. The number of carbonyl (C=O) groups is 1. The van der Waals surface area contributed by atoms with Crippen LogP contribution in [0.15, 0.2) is 36.5 Å². The van der Waals surface area contributed by atoms with Gasteiger partial charge in [-0.3, -0.25) is 14.9 Å². The van der Waals surface area contributed by atoms with Crippen LogP contribution in [0.1, 0.15) is 42.6 Å². The van der Waals surface area contributed by atoms with E-state index in [9.17, 15) is 14.9 Å². The average Bonchev–Trinajstić information content (AvgIpc) is 2.74. The van der Waals surface area contributed by atoms with Crippen LogP contribution < -0.4 is 15.5 Å². The van der Waals surface area contributed by atoms with Crippen LogP contribution in [0.4, 0.5) is 17.2 Å². The second-order valence-electron chi connectivity index (χ2n) is 7.54. The Morgan fingerprint density at radius 1 is 1.30 bits per heavy atom. The van der Waals surface area contributed by atoms with E-state index in [1.165, 1.54) is 6.07 Å². The van der Waals surface area contributed by atoms with Gasteiger partial charge in [0, 0.05) is 43.0 Å². The molecule has 0 atom stereocenters. The van der Waals surface area contributed by atoms with Crippen LogP contribution in [-0.4, -0.2) is 41.0 Å². The number of benzene rings is 1. The van der Waals surface area contributed by atoms with Crippen LogP contribution in [0.5, 0.6) is 0 Å². The number of piperidine rings is 1. The maximum Gasteiger partial charge on any atom is 0.293 e. The largest absolute Gasteiger partial charge is 0.377 e. The molecule has 1 fully saturated rings. The van der Waals surface area contributed by atoms with E-state index in [0.29, 0.717) is 11.3 Å². The van der Waals surface area contributed by atoms with E-state index >= 15 is 0 Å². The number of nitro groups is 1. The lowest BCUT2D eigenvalue weighted by molar-refractivity contribution is -0.384. The third-order valence-electron chi connectivity index (χ3n) is 4.93. The third-order valence-corrected chi connectivity index (χ3v) is 4.93. The van der Waals surface area contributed by atoms with Crippen molar-refractivity contribution in [3.8, 4) is 6.07 Å². The first-order valence-corrected chi connectivity index (χ1v) is 9.84. The number of amides is 1. The smallest absolute Gasteiger partial charge is 0.293 e. The van der Waals surface area contributed by atoms with Gasteiger partial charge in [-0.05, 0) is 51.0 Å². The first-order chi connectivity index (χ1) is 14.4. The predicted octanol–water partition coefficient (Wildman–Crippen LogP) is 3.08. The SMILES string of the molecule is CC(C)NC(=O)c1ccc(NC2CCN(c3ccc(C#N)cn3)CC2)c([N+](=O)[O-])c1. The zero-order valence-corrected chi connectivity index (χ0v) is 17.0. The minimum Gasteiger partial charge on any atom is -0.377 e. The summed E-state index contributed by atoms with van der Waals surface area (Å²) in [6.45, 7) is 5.17. The topological polar surface area (TPSA) is 124 Å². The molecule has 0 bridgehead atoms. The zero-order valence-electron chi connectivity index (χ0n) is 17.0. The van der Waals surface area contributed by atoms with Crippen molar-refractivity contribution in [2.24, 2.45) is 0 Å². The van der Waals surface area contributed by atoms with Crippen molar-refractivity contribution in [2.75, 3.05) is 23.3 Å². The van der Waals surface area contributed by atoms with Gasteiger partial charge in [0.25, 0.3) is 11.6 Å². The molecule has 1 aromatic heterocycles. The quantitative estimate of drug-likeness (QED) is 0.556. The van der Waals surface area contributed by atoms with Crippen LogP contribution in [-0.2, 0) is 0 Å². The monoisotopic (exact) mass is 408 g/mol. The molecule has 1 aliphatic rings. The van der Waals surface area contributed by atoms with Crippen molar-refractivity contribution >= 4 is 23.1 Å². The van der Waals surface area contributed by atoms with Gasteiger partial charge in [-0.25, -0.2) is 4.98 Å². The van der Waals surface area contributed by atoms with Gasteiger partial charge in [-0.2, -0.15) is 5.26 Å². The van der Waals surface area contributed by atoms with Crippen molar-refractivity contribution < 1.29 is 9.72 Å². The second kappa shape index (κ2) is 9.22. The molecule has 0 unspecified atom stereocenters. The molecule has 1 amide bonds. The number of nitriles is 1.